The Morgan fingerprint density at radius 3 is 2.07 bits per heavy atom. The van der Waals surface area contributed by atoms with E-state index in [1.807, 2.05) is 32.9 Å². The highest BCUT2D eigenvalue weighted by molar-refractivity contribution is 5.69. The lowest BCUT2D eigenvalue weighted by atomic mass is 9.56. The topological polar surface area (TPSA) is 29.5 Å². The quantitative estimate of drug-likeness (QED) is 0.664. The molecule has 3 nitrogen and oxygen atoms in total. The van der Waals surface area contributed by atoms with E-state index in [0.29, 0.717) is 19.5 Å². The molecule has 154 valence electrons. The maximum Gasteiger partial charge on any atom is 0.410 e. The third-order valence-corrected chi connectivity index (χ3v) is 6.51. The molecule has 1 saturated carbocycles. The zero-order valence-electron chi connectivity index (χ0n) is 17.5. The van der Waals surface area contributed by atoms with Gasteiger partial charge in [-0.05, 0) is 50.7 Å². The van der Waals surface area contributed by atoms with Gasteiger partial charge in [0, 0.05) is 24.4 Å². The van der Waals surface area contributed by atoms with Gasteiger partial charge in [-0.15, -0.1) is 0 Å². The molecule has 1 aliphatic carbocycles. The average molecular weight is 396 g/mol. The molecule has 1 unspecified atom stereocenters. The molecule has 0 radical (unpaired) electrons. The Labute approximate surface area is 172 Å². The largest absolute Gasteiger partial charge is 0.444 e. The van der Waals surface area contributed by atoms with Crippen LogP contribution < -0.4 is 0 Å². The Bertz CT molecular complexity index is 807. The number of benzene rings is 2. The van der Waals surface area contributed by atoms with Crippen molar-refractivity contribution in [3.63, 3.8) is 0 Å². The van der Waals surface area contributed by atoms with E-state index in [9.17, 15) is 4.79 Å². The van der Waals surface area contributed by atoms with Crippen molar-refractivity contribution in [1.29, 1.82) is 0 Å². The van der Waals surface area contributed by atoms with Gasteiger partial charge < -0.3 is 9.64 Å². The van der Waals surface area contributed by atoms with Gasteiger partial charge in [-0.2, -0.15) is 0 Å². The summed E-state index contributed by atoms with van der Waals surface area (Å²) in [6.45, 7) is 6.53. The third-order valence-electron chi connectivity index (χ3n) is 6.51. The lowest BCUT2D eigenvalue weighted by Crippen LogP contribution is -2.47. The minimum absolute atomic E-state index is 0.0172. The first-order valence-electron chi connectivity index (χ1n) is 10.5. The molecule has 2 aromatic carbocycles. The third kappa shape index (κ3) is 3.65. The normalized spacial score (nSPS) is 26.1. The van der Waals surface area contributed by atoms with Crippen LogP contribution in [-0.4, -0.2) is 35.9 Å². The van der Waals surface area contributed by atoms with Gasteiger partial charge in [0.05, 0.1) is 0 Å². The van der Waals surface area contributed by atoms with Gasteiger partial charge >= 0.3 is 6.09 Å². The number of carbonyl (C=O) groups excluding carboxylic acids is 1. The molecule has 1 amide bonds. The second-order valence-corrected chi connectivity index (χ2v) is 9.41. The molecule has 1 aliphatic heterocycles. The van der Waals surface area contributed by atoms with Crippen LogP contribution in [0.15, 0.2) is 60.7 Å². The SMILES string of the molecule is CC(C)(C)OC(=O)N1CC2[C@H](C1)[C@H](F)CCC2(c1ccccc1)c1ccccc1. The summed E-state index contributed by atoms with van der Waals surface area (Å²) >= 11 is 0. The Hall–Kier alpha value is -2.36. The molecule has 0 N–H and O–H groups in total. The van der Waals surface area contributed by atoms with Crippen LogP contribution in [0.4, 0.5) is 9.18 Å². The van der Waals surface area contributed by atoms with Crippen molar-refractivity contribution in [2.24, 2.45) is 11.8 Å². The Morgan fingerprint density at radius 1 is 1.00 bits per heavy atom. The molecule has 1 saturated heterocycles. The number of carbonyl (C=O) groups is 1. The molecule has 2 fully saturated rings. The van der Waals surface area contributed by atoms with E-state index in [1.165, 1.54) is 11.1 Å². The van der Waals surface area contributed by atoms with Crippen LogP contribution in [0.5, 0.6) is 0 Å². The number of amides is 1. The summed E-state index contributed by atoms with van der Waals surface area (Å²) in [7, 11) is 0. The molecule has 2 aliphatic rings. The molecule has 4 heteroatoms. The predicted molar refractivity (Wildman–Crippen MR) is 113 cm³/mol. The minimum atomic E-state index is -0.895. The monoisotopic (exact) mass is 395 g/mol. The number of hydrogen-bond acceptors (Lipinski definition) is 2. The number of halogens is 1. The highest BCUT2D eigenvalue weighted by Gasteiger charge is 2.56. The summed E-state index contributed by atoms with van der Waals surface area (Å²) in [5, 5.41) is 0. The Morgan fingerprint density at radius 2 is 1.55 bits per heavy atom. The molecule has 1 heterocycles. The number of nitrogens with zero attached hydrogens (tertiary/aromatic N) is 1. The number of likely N-dealkylation sites (tertiary alicyclic amines) is 1. The minimum Gasteiger partial charge on any atom is -0.444 e. The summed E-state index contributed by atoms with van der Waals surface area (Å²) in [4.78, 5) is 14.5. The zero-order chi connectivity index (χ0) is 20.6. The summed E-state index contributed by atoms with van der Waals surface area (Å²) in [5.74, 6) is -0.166. The number of fused-ring (bicyclic) bond motifs is 1. The van der Waals surface area contributed by atoms with Crippen molar-refractivity contribution in [2.75, 3.05) is 13.1 Å². The number of ether oxygens (including phenoxy) is 1. The van der Waals surface area contributed by atoms with Crippen molar-refractivity contribution in [1.82, 2.24) is 4.90 Å². The van der Waals surface area contributed by atoms with Gasteiger partial charge in [0.25, 0.3) is 0 Å². The Kier molecular flexibility index (Phi) is 5.14. The standard InChI is InChI=1S/C25H30FNO2/c1-24(2,3)29-23(28)27-16-20-21(17-27)25(15-14-22(20)26,18-10-6-4-7-11-18)19-12-8-5-9-13-19/h4-13,20-22H,14-17H2,1-3H3/t20-,21?,22+/m0/s1. The van der Waals surface area contributed by atoms with Crippen LogP contribution in [0, 0.1) is 11.8 Å². The van der Waals surface area contributed by atoms with Gasteiger partial charge in [0.2, 0.25) is 0 Å². The maximum atomic E-state index is 15.1. The molecular weight excluding hydrogens is 365 g/mol. The fraction of sp³-hybridized carbons (Fsp3) is 0.480. The first kappa shape index (κ1) is 19.9. The van der Waals surface area contributed by atoms with E-state index in [1.54, 1.807) is 4.90 Å². The fourth-order valence-corrected chi connectivity index (χ4v) is 5.31. The summed E-state index contributed by atoms with van der Waals surface area (Å²) in [6, 6.07) is 20.8. The highest BCUT2D eigenvalue weighted by Crippen LogP contribution is 2.54. The lowest BCUT2D eigenvalue weighted by Gasteiger charge is -2.47. The average Bonchev–Trinajstić information content (AvgIpc) is 3.16. The summed E-state index contributed by atoms with van der Waals surface area (Å²) in [6.07, 6.45) is 0.0145. The lowest BCUT2D eigenvalue weighted by molar-refractivity contribution is 0.0279. The highest BCUT2D eigenvalue weighted by atomic mass is 19.1. The smallest absolute Gasteiger partial charge is 0.410 e. The second-order valence-electron chi connectivity index (χ2n) is 9.41. The van der Waals surface area contributed by atoms with Crippen molar-refractivity contribution >= 4 is 6.09 Å². The van der Waals surface area contributed by atoms with E-state index in [0.717, 1.165) is 6.42 Å². The molecule has 29 heavy (non-hydrogen) atoms. The molecule has 2 aromatic rings. The van der Waals surface area contributed by atoms with Crippen molar-refractivity contribution < 1.29 is 13.9 Å². The molecular formula is C25H30FNO2. The van der Waals surface area contributed by atoms with Crippen LogP contribution in [0.3, 0.4) is 0 Å². The van der Waals surface area contributed by atoms with Crippen molar-refractivity contribution in [3.05, 3.63) is 71.8 Å². The van der Waals surface area contributed by atoms with E-state index in [2.05, 4.69) is 48.5 Å². The number of hydrogen-bond donors (Lipinski definition) is 0. The molecule has 4 rings (SSSR count). The molecule has 0 spiro atoms. The fourth-order valence-electron chi connectivity index (χ4n) is 5.31. The summed E-state index contributed by atoms with van der Waals surface area (Å²) < 4.78 is 20.7. The Balaban J connectivity index is 1.76. The second kappa shape index (κ2) is 7.47. The van der Waals surface area contributed by atoms with Crippen molar-refractivity contribution in [3.8, 4) is 0 Å². The maximum absolute atomic E-state index is 15.1. The van der Waals surface area contributed by atoms with Crippen LogP contribution in [0.2, 0.25) is 0 Å². The van der Waals surface area contributed by atoms with Crippen LogP contribution in [0.25, 0.3) is 0 Å². The zero-order valence-corrected chi connectivity index (χ0v) is 17.5. The van der Waals surface area contributed by atoms with E-state index < -0.39 is 11.8 Å². The number of rotatable bonds is 2. The van der Waals surface area contributed by atoms with Gasteiger partial charge in [0.15, 0.2) is 0 Å². The first-order chi connectivity index (χ1) is 13.8. The van der Waals surface area contributed by atoms with Gasteiger partial charge in [-0.1, -0.05) is 60.7 Å². The molecule has 3 atom stereocenters. The van der Waals surface area contributed by atoms with E-state index >= 15 is 4.39 Å². The summed E-state index contributed by atoms with van der Waals surface area (Å²) in [5.41, 5.74) is 1.56. The van der Waals surface area contributed by atoms with Crippen LogP contribution in [-0.2, 0) is 10.2 Å². The van der Waals surface area contributed by atoms with E-state index in [-0.39, 0.29) is 23.3 Å². The molecule has 0 bridgehead atoms. The van der Waals surface area contributed by atoms with Crippen LogP contribution in [0.1, 0.15) is 44.7 Å². The first-order valence-corrected chi connectivity index (χ1v) is 10.5. The van der Waals surface area contributed by atoms with E-state index in [4.69, 9.17) is 4.74 Å². The number of alkyl halides is 1. The van der Waals surface area contributed by atoms with Gasteiger partial charge in [-0.25, -0.2) is 9.18 Å². The van der Waals surface area contributed by atoms with Gasteiger partial charge in [-0.3, -0.25) is 0 Å². The molecule has 0 aromatic heterocycles. The van der Waals surface area contributed by atoms with Gasteiger partial charge in [0.1, 0.15) is 11.8 Å². The predicted octanol–water partition coefficient (Wildman–Crippen LogP) is 5.59. The van der Waals surface area contributed by atoms with Crippen molar-refractivity contribution in [2.45, 2.75) is 50.8 Å². The van der Waals surface area contributed by atoms with Crippen LogP contribution >= 0.6 is 0 Å².